The maximum absolute atomic E-state index is 5.84. The third-order valence-electron chi connectivity index (χ3n) is 3.16. The van der Waals surface area contributed by atoms with Crippen molar-refractivity contribution in [2.75, 3.05) is 12.4 Å². The zero-order valence-electron chi connectivity index (χ0n) is 9.09. The van der Waals surface area contributed by atoms with E-state index in [1.807, 2.05) is 0 Å². The van der Waals surface area contributed by atoms with E-state index in [1.54, 1.807) is 0 Å². The van der Waals surface area contributed by atoms with Gasteiger partial charge < -0.3 is 0 Å². The van der Waals surface area contributed by atoms with Gasteiger partial charge in [0.05, 0.1) is 0 Å². The van der Waals surface area contributed by atoms with Crippen molar-refractivity contribution in [1.82, 2.24) is 4.90 Å². The molecular weight excluding hydrogens is 182 g/mol. The van der Waals surface area contributed by atoms with Gasteiger partial charge in [-0.1, -0.05) is 13.3 Å². The summed E-state index contributed by atoms with van der Waals surface area (Å²) in [5, 5.41) is 0. The molecule has 1 saturated heterocycles. The van der Waals surface area contributed by atoms with E-state index in [9.17, 15) is 0 Å². The molecule has 0 aromatic carbocycles. The molecule has 3 atom stereocenters. The Morgan fingerprint density at radius 1 is 1.31 bits per heavy atom. The van der Waals surface area contributed by atoms with Crippen LogP contribution in [0.5, 0.6) is 0 Å². The van der Waals surface area contributed by atoms with Crippen LogP contribution in [-0.2, 0) is 0 Å². The highest BCUT2D eigenvalue weighted by Crippen LogP contribution is 2.23. The first-order chi connectivity index (χ1) is 6.15. The highest BCUT2D eigenvalue weighted by Gasteiger charge is 2.25. The predicted molar refractivity (Wildman–Crippen MR) is 59.4 cm³/mol. The van der Waals surface area contributed by atoms with Gasteiger partial charge in [-0.05, 0) is 32.6 Å². The third kappa shape index (κ3) is 3.14. The summed E-state index contributed by atoms with van der Waals surface area (Å²) in [4.78, 5) is 2.62. The van der Waals surface area contributed by atoms with Gasteiger partial charge in [0, 0.05) is 24.5 Å². The second kappa shape index (κ2) is 5.21. The number of halogens is 1. The van der Waals surface area contributed by atoms with E-state index in [4.69, 9.17) is 11.6 Å². The Labute approximate surface area is 87.4 Å². The number of piperidine rings is 1. The molecule has 0 saturated carbocycles. The van der Waals surface area contributed by atoms with Crippen LogP contribution in [0.4, 0.5) is 0 Å². The van der Waals surface area contributed by atoms with Crippen LogP contribution in [0.25, 0.3) is 0 Å². The molecule has 0 N–H and O–H groups in total. The Hall–Kier alpha value is 0.250. The Kier molecular flexibility index (Phi) is 4.54. The predicted octanol–water partition coefficient (Wildman–Crippen LogP) is 3.12. The van der Waals surface area contributed by atoms with E-state index >= 15 is 0 Å². The molecule has 3 unspecified atom stereocenters. The molecular formula is C11H22ClN. The van der Waals surface area contributed by atoms with Crippen LogP contribution in [0.2, 0.25) is 0 Å². The van der Waals surface area contributed by atoms with Gasteiger partial charge in [-0.2, -0.15) is 0 Å². The Balaban J connectivity index is 2.43. The first kappa shape index (κ1) is 11.3. The van der Waals surface area contributed by atoms with Crippen LogP contribution < -0.4 is 0 Å². The molecule has 0 aliphatic carbocycles. The summed E-state index contributed by atoms with van der Waals surface area (Å²) in [6.07, 6.45) is 4.12. The number of likely N-dealkylation sites (tertiary alicyclic amines) is 1. The first-order valence-electron chi connectivity index (χ1n) is 5.46. The zero-order chi connectivity index (χ0) is 9.84. The molecule has 13 heavy (non-hydrogen) atoms. The summed E-state index contributed by atoms with van der Waals surface area (Å²) in [7, 11) is 0. The molecule has 0 spiro atoms. The lowest BCUT2D eigenvalue weighted by Gasteiger charge is -2.40. The molecule has 0 amide bonds. The largest absolute Gasteiger partial charge is 0.298 e. The van der Waals surface area contributed by atoms with Crippen molar-refractivity contribution in [2.24, 2.45) is 5.92 Å². The fourth-order valence-corrected chi connectivity index (χ4v) is 2.34. The number of hydrogen-bond acceptors (Lipinski definition) is 1. The molecule has 1 aliphatic heterocycles. The van der Waals surface area contributed by atoms with Crippen molar-refractivity contribution < 1.29 is 0 Å². The van der Waals surface area contributed by atoms with Gasteiger partial charge in [-0.3, -0.25) is 4.90 Å². The minimum absolute atomic E-state index is 0.629. The van der Waals surface area contributed by atoms with Crippen LogP contribution in [0.1, 0.15) is 40.0 Å². The summed E-state index contributed by atoms with van der Waals surface area (Å²) in [6.45, 7) is 8.10. The van der Waals surface area contributed by atoms with Crippen LogP contribution in [0.15, 0.2) is 0 Å². The van der Waals surface area contributed by atoms with Crippen molar-refractivity contribution in [2.45, 2.75) is 52.1 Å². The smallest absolute Gasteiger partial charge is 0.0261 e. The topological polar surface area (TPSA) is 3.24 Å². The van der Waals surface area contributed by atoms with Crippen molar-refractivity contribution in [1.29, 1.82) is 0 Å². The van der Waals surface area contributed by atoms with Crippen LogP contribution in [0.3, 0.4) is 0 Å². The molecule has 2 heteroatoms. The molecule has 78 valence electrons. The summed E-state index contributed by atoms with van der Waals surface area (Å²) in [5.41, 5.74) is 0. The number of nitrogens with zero attached hydrogens (tertiary/aromatic N) is 1. The van der Waals surface area contributed by atoms with Gasteiger partial charge in [0.2, 0.25) is 0 Å². The Morgan fingerprint density at radius 2 is 1.85 bits per heavy atom. The Morgan fingerprint density at radius 3 is 2.31 bits per heavy atom. The lowest BCUT2D eigenvalue weighted by molar-refractivity contribution is 0.0903. The number of rotatable bonds is 3. The SMILES string of the molecule is CC(CCl)CN1C(C)CCCC1C. The molecule has 1 fully saturated rings. The summed E-state index contributed by atoms with van der Waals surface area (Å²) in [6, 6.07) is 1.52. The number of alkyl halides is 1. The lowest BCUT2D eigenvalue weighted by atomic mass is 9.96. The molecule has 0 radical (unpaired) electrons. The molecule has 1 aliphatic rings. The van der Waals surface area contributed by atoms with Crippen LogP contribution in [0, 0.1) is 5.92 Å². The van der Waals surface area contributed by atoms with Gasteiger partial charge in [0.15, 0.2) is 0 Å². The fraction of sp³-hybridized carbons (Fsp3) is 1.00. The Bertz CT molecular complexity index is 139. The van der Waals surface area contributed by atoms with Crippen LogP contribution in [-0.4, -0.2) is 29.4 Å². The van der Waals surface area contributed by atoms with E-state index in [-0.39, 0.29) is 0 Å². The van der Waals surface area contributed by atoms with Gasteiger partial charge in [-0.25, -0.2) is 0 Å². The molecule has 1 heterocycles. The zero-order valence-corrected chi connectivity index (χ0v) is 9.85. The van der Waals surface area contributed by atoms with E-state index in [1.165, 1.54) is 25.8 Å². The summed E-state index contributed by atoms with van der Waals surface area (Å²) < 4.78 is 0. The lowest BCUT2D eigenvalue weighted by Crippen LogP contribution is -2.45. The van der Waals surface area contributed by atoms with E-state index in [0.717, 1.165) is 18.0 Å². The minimum atomic E-state index is 0.629. The maximum atomic E-state index is 5.84. The molecule has 0 aromatic heterocycles. The average Bonchev–Trinajstić information content (AvgIpc) is 2.11. The first-order valence-corrected chi connectivity index (χ1v) is 6.00. The van der Waals surface area contributed by atoms with Crippen molar-refractivity contribution in [3.8, 4) is 0 Å². The van der Waals surface area contributed by atoms with Crippen molar-refractivity contribution >= 4 is 11.6 Å². The maximum Gasteiger partial charge on any atom is 0.0261 e. The van der Waals surface area contributed by atoms with Crippen LogP contribution >= 0.6 is 11.6 Å². The number of hydrogen-bond donors (Lipinski definition) is 0. The van der Waals surface area contributed by atoms with Crippen molar-refractivity contribution in [3.63, 3.8) is 0 Å². The average molecular weight is 204 g/mol. The molecule has 0 bridgehead atoms. The molecule has 1 nitrogen and oxygen atoms in total. The van der Waals surface area contributed by atoms with E-state index < -0.39 is 0 Å². The fourth-order valence-electron chi connectivity index (χ4n) is 2.24. The standard InChI is InChI=1S/C11H22ClN/c1-9(7-12)8-13-10(2)5-4-6-11(13)3/h9-11H,4-8H2,1-3H3. The second-order valence-corrected chi connectivity index (χ2v) is 4.89. The molecule has 0 aromatic rings. The highest BCUT2D eigenvalue weighted by molar-refractivity contribution is 6.18. The quantitative estimate of drug-likeness (QED) is 0.638. The minimum Gasteiger partial charge on any atom is -0.298 e. The van der Waals surface area contributed by atoms with E-state index in [0.29, 0.717) is 5.92 Å². The second-order valence-electron chi connectivity index (χ2n) is 4.59. The summed E-state index contributed by atoms with van der Waals surface area (Å²) >= 11 is 5.84. The normalized spacial score (nSPS) is 33.2. The van der Waals surface area contributed by atoms with Gasteiger partial charge in [0.25, 0.3) is 0 Å². The van der Waals surface area contributed by atoms with E-state index in [2.05, 4.69) is 25.7 Å². The third-order valence-corrected chi connectivity index (χ3v) is 3.69. The summed E-state index contributed by atoms with van der Waals surface area (Å²) in [5.74, 6) is 1.42. The van der Waals surface area contributed by atoms with Gasteiger partial charge in [0.1, 0.15) is 0 Å². The van der Waals surface area contributed by atoms with Crippen molar-refractivity contribution in [3.05, 3.63) is 0 Å². The molecule has 1 rings (SSSR count). The van der Waals surface area contributed by atoms with Gasteiger partial charge in [-0.15, -0.1) is 11.6 Å². The highest BCUT2D eigenvalue weighted by atomic mass is 35.5. The monoisotopic (exact) mass is 203 g/mol. The van der Waals surface area contributed by atoms with Gasteiger partial charge >= 0.3 is 0 Å².